The van der Waals surface area contributed by atoms with Gasteiger partial charge < -0.3 is 20.3 Å². The lowest BCUT2D eigenvalue weighted by Crippen LogP contribution is -2.53. The Balaban J connectivity index is 1.58. The molecule has 1 saturated carbocycles. The number of aryl methyl sites for hydroxylation is 1. The number of nitrogens with zero attached hydrogens (tertiary/aromatic N) is 4. The van der Waals surface area contributed by atoms with Crippen LogP contribution in [0.25, 0.3) is 0 Å². The van der Waals surface area contributed by atoms with Crippen molar-refractivity contribution in [1.82, 2.24) is 20.0 Å². The summed E-state index contributed by atoms with van der Waals surface area (Å²) in [5.41, 5.74) is 0.485. The molecule has 240 valence electrons. The normalized spacial score (nSPS) is 18.0. The summed E-state index contributed by atoms with van der Waals surface area (Å²) in [6, 6.07) is 4.41. The minimum Gasteiger partial charge on any atom is -0.378 e. The first-order valence-corrected chi connectivity index (χ1v) is 15.8. The number of carbonyl (C=O) groups excluding carboxylic acids is 4. The minimum absolute atomic E-state index is 0.0203. The van der Waals surface area contributed by atoms with Gasteiger partial charge in [-0.2, -0.15) is 5.10 Å². The second-order valence-corrected chi connectivity index (χ2v) is 11.6. The van der Waals surface area contributed by atoms with Crippen LogP contribution in [-0.4, -0.2) is 77.2 Å². The molecule has 2 aliphatic rings. The molecule has 1 aromatic heterocycles. The van der Waals surface area contributed by atoms with Crippen LogP contribution in [0.2, 0.25) is 0 Å². The molecule has 0 unspecified atom stereocenters. The first-order valence-electron chi connectivity index (χ1n) is 15.8. The van der Waals surface area contributed by atoms with Crippen molar-refractivity contribution in [1.29, 1.82) is 0 Å². The average Bonchev–Trinajstić information content (AvgIpc) is 3.36. The average molecular weight is 613 g/mol. The molecule has 0 radical (unpaired) electrons. The quantitative estimate of drug-likeness (QED) is 0.277. The fourth-order valence-electron chi connectivity index (χ4n) is 6.22. The summed E-state index contributed by atoms with van der Waals surface area (Å²) in [5, 5.41) is 9.85. The van der Waals surface area contributed by atoms with Gasteiger partial charge >= 0.3 is 0 Å². The smallest absolute Gasteiger partial charge is 0.247 e. The van der Waals surface area contributed by atoms with Gasteiger partial charge in [-0.15, -0.1) is 0 Å². The van der Waals surface area contributed by atoms with E-state index in [0.29, 0.717) is 50.6 Å². The predicted octanol–water partition coefficient (Wildman–Crippen LogP) is 3.84. The van der Waals surface area contributed by atoms with E-state index in [4.69, 9.17) is 4.74 Å². The highest BCUT2D eigenvalue weighted by Gasteiger charge is 2.37. The second-order valence-electron chi connectivity index (χ2n) is 11.6. The first kappa shape index (κ1) is 33.1. The van der Waals surface area contributed by atoms with E-state index < -0.39 is 29.7 Å². The summed E-state index contributed by atoms with van der Waals surface area (Å²) in [4.78, 5) is 55.2. The molecular formula is C32H45FN6O5. The van der Waals surface area contributed by atoms with Gasteiger partial charge in [0.1, 0.15) is 23.7 Å². The van der Waals surface area contributed by atoms with E-state index in [1.807, 2.05) is 6.92 Å². The van der Waals surface area contributed by atoms with E-state index in [0.717, 1.165) is 38.5 Å². The summed E-state index contributed by atoms with van der Waals surface area (Å²) in [7, 11) is 0. The van der Waals surface area contributed by atoms with Gasteiger partial charge in [-0.05, 0) is 43.4 Å². The number of rotatable bonds is 12. The van der Waals surface area contributed by atoms with Gasteiger partial charge in [0.25, 0.3) is 0 Å². The standard InChI is InChI=1S/C32H45FN6O5/c1-4-27(41)36-29(32(43)37-16-18-44-19-17-37)22(3)24-12-13-26(25(33)20-24)35-31(42)30(23-10-8-6-7-9-11-23)38(21-40)28-14-15-34-39(28)5-2/h12-15,20-23,29-30H,4-11,16-19H2,1-3H3,(H,35,42)(H,36,41)/t22-,29+,30-/m0/s1. The fourth-order valence-corrected chi connectivity index (χ4v) is 6.22. The van der Waals surface area contributed by atoms with Crippen molar-refractivity contribution in [2.45, 2.75) is 90.3 Å². The van der Waals surface area contributed by atoms with Crippen LogP contribution < -0.4 is 15.5 Å². The number of ether oxygens (including phenoxy) is 1. The molecule has 1 aliphatic carbocycles. The third-order valence-corrected chi connectivity index (χ3v) is 8.79. The number of anilines is 2. The molecule has 2 aromatic rings. The molecule has 1 saturated heterocycles. The van der Waals surface area contributed by atoms with Crippen LogP contribution >= 0.6 is 0 Å². The maximum absolute atomic E-state index is 15.7. The summed E-state index contributed by atoms with van der Waals surface area (Å²) in [6.07, 6.45) is 8.07. The highest BCUT2D eigenvalue weighted by atomic mass is 19.1. The number of amides is 4. The molecule has 11 nitrogen and oxygen atoms in total. The van der Waals surface area contributed by atoms with E-state index in [1.54, 1.807) is 41.8 Å². The van der Waals surface area contributed by atoms with Crippen LogP contribution in [0.4, 0.5) is 15.9 Å². The highest BCUT2D eigenvalue weighted by Crippen LogP contribution is 2.32. The Labute approximate surface area is 258 Å². The molecule has 1 aromatic carbocycles. The molecular weight excluding hydrogens is 567 g/mol. The lowest BCUT2D eigenvalue weighted by Gasteiger charge is -2.34. The van der Waals surface area contributed by atoms with Crippen LogP contribution in [0.5, 0.6) is 0 Å². The molecule has 2 heterocycles. The predicted molar refractivity (Wildman–Crippen MR) is 164 cm³/mol. The third kappa shape index (κ3) is 7.82. The number of halogens is 1. The summed E-state index contributed by atoms with van der Waals surface area (Å²) < 4.78 is 22.7. The van der Waals surface area contributed by atoms with Gasteiger partial charge in [-0.1, -0.05) is 45.6 Å². The van der Waals surface area contributed by atoms with Crippen molar-refractivity contribution >= 4 is 35.6 Å². The Morgan fingerprint density at radius 2 is 1.82 bits per heavy atom. The zero-order valence-electron chi connectivity index (χ0n) is 26.0. The van der Waals surface area contributed by atoms with Crippen LogP contribution in [0, 0.1) is 11.7 Å². The summed E-state index contributed by atoms with van der Waals surface area (Å²) in [6.45, 7) is 7.58. The van der Waals surface area contributed by atoms with E-state index in [2.05, 4.69) is 15.7 Å². The van der Waals surface area contributed by atoms with Crippen molar-refractivity contribution in [2.75, 3.05) is 36.5 Å². The monoisotopic (exact) mass is 612 g/mol. The molecule has 2 N–H and O–H groups in total. The van der Waals surface area contributed by atoms with Crippen LogP contribution in [-0.2, 0) is 30.5 Å². The van der Waals surface area contributed by atoms with Gasteiger partial charge in [-0.25, -0.2) is 9.07 Å². The van der Waals surface area contributed by atoms with Crippen molar-refractivity contribution in [2.24, 2.45) is 5.92 Å². The maximum Gasteiger partial charge on any atom is 0.247 e. The zero-order chi connectivity index (χ0) is 31.6. The first-order chi connectivity index (χ1) is 21.3. The van der Waals surface area contributed by atoms with E-state index in [1.165, 1.54) is 17.0 Å². The van der Waals surface area contributed by atoms with Crippen LogP contribution in [0.15, 0.2) is 30.5 Å². The number of hydrogen-bond donors (Lipinski definition) is 2. The SMILES string of the molecule is CCC(=O)N[C@@H](C(=O)N1CCOCC1)[C@@H](C)c1ccc(NC(=O)[C@H](C2CCCCCC2)N(C=O)c2ccnn2CC)c(F)c1. The number of carbonyl (C=O) groups is 4. The Bertz CT molecular complexity index is 1290. The number of morpholine rings is 1. The molecule has 44 heavy (non-hydrogen) atoms. The number of benzene rings is 1. The van der Waals surface area contributed by atoms with Gasteiger partial charge in [0.05, 0.1) is 25.1 Å². The van der Waals surface area contributed by atoms with Crippen LogP contribution in [0.3, 0.4) is 0 Å². The molecule has 2 fully saturated rings. The van der Waals surface area contributed by atoms with Crippen LogP contribution in [0.1, 0.15) is 77.2 Å². The Morgan fingerprint density at radius 3 is 2.43 bits per heavy atom. The Kier molecular flexibility index (Phi) is 11.9. The molecule has 4 rings (SSSR count). The summed E-state index contributed by atoms with van der Waals surface area (Å²) >= 11 is 0. The van der Waals surface area contributed by atoms with Crippen molar-refractivity contribution in [3.8, 4) is 0 Å². The van der Waals surface area contributed by atoms with E-state index in [-0.39, 0.29) is 29.8 Å². The topological polar surface area (TPSA) is 126 Å². The second kappa shape index (κ2) is 15.8. The molecule has 0 spiro atoms. The molecule has 0 bridgehead atoms. The third-order valence-electron chi connectivity index (χ3n) is 8.79. The molecule has 12 heteroatoms. The number of nitrogens with one attached hydrogen (secondary N) is 2. The number of aromatic nitrogens is 2. The molecule has 4 amide bonds. The van der Waals surface area contributed by atoms with Gasteiger partial charge in [-0.3, -0.25) is 24.1 Å². The van der Waals surface area contributed by atoms with Crippen molar-refractivity contribution in [3.63, 3.8) is 0 Å². The van der Waals surface area contributed by atoms with E-state index >= 15 is 4.39 Å². The molecule has 1 aliphatic heterocycles. The Morgan fingerprint density at radius 1 is 1.11 bits per heavy atom. The molecule has 3 atom stereocenters. The lowest BCUT2D eigenvalue weighted by atomic mass is 9.89. The summed E-state index contributed by atoms with van der Waals surface area (Å²) in [5.74, 6) is -1.78. The number of hydrogen-bond acceptors (Lipinski definition) is 6. The highest BCUT2D eigenvalue weighted by molar-refractivity contribution is 6.00. The van der Waals surface area contributed by atoms with Gasteiger partial charge in [0, 0.05) is 38.0 Å². The van der Waals surface area contributed by atoms with Gasteiger partial charge in [0.2, 0.25) is 24.1 Å². The van der Waals surface area contributed by atoms with Crippen molar-refractivity contribution in [3.05, 3.63) is 41.8 Å². The van der Waals surface area contributed by atoms with E-state index in [9.17, 15) is 19.2 Å². The Hall–Kier alpha value is -3.80. The van der Waals surface area contributed by atoms with Crippen molar-refractivity contribution < 1.29 is 28.3 Å². The largest absolute Gasteiger partial charge is 0.378 e. The zero-order valence-corrected chi connectivity index (χ0v) is 26.0. The fraction of sp³-hybridized carbons (Fsp3) is 0.594. The lowest BCUT2D eigenvalue weighted by molar-refractivity contribution is -0.140. The maximum atomic E-state index is 15.7. The minimum atomic E-state index is -0.885. The van der Waals surface area contributed by atoms with Gasteiger partial charge in [0.15, 0.2) is 0 Å².